The monoisotopic (exact) mass is 480 g/mol. The first-order valence-corrected chi connectivity index (χ1v) is 12.0. The van der Waals surface area contributed by atoms with Crippen LogP contribution in [0.3, 0.4) is 0 Å². The molecule has 1 amide bonds. The van der Waals surface area contributed by atoms with Crippen molar-refractivity contribution in [3.8, 4) is 11.1 Å². The number of ketones is 1. The van der Waals surface area contributed by atoms with Gasteiger partial charge in [0.2, 0.25) is 5.91 Å². The van der Waals surface area contributed by atoms with Gasteiger partial charge in [0.15, 0.2) is 12.1 Å². The van der Waals surface area contributed by atoms with Gasteiger partial charge in [0, 0.05) is 29.1 Å². The molecule has 1 aromatic carbocycles. The number of benzene rings is 1. The summed E-state index contributed by atoms with van der Waals surface area (Å²) in [4.78, 5) is 29.6. The first-order chi connectivity index (χ1) is 16.5. The number of allylic oxidation sites excluding steroid dienone is 4. The molecule has 1 aliphatic heterocycles. The second-order valence-corrected chi connectivity index (χ2v) is 9.08. The topological polar surface area (TPSA) is 77.5 Å². The van der Waals surface area contributed by atoms with E-state index in [9.17, 15) is 9.59 Å². The van der Waals surface area contributed by atoms with Gasteiger partial charge in [0.25, 0.3) is 0 Å². The Kier molecular flexibility index (Phi) is 8.27. The van der Waals surface area contributed by atoms with Crippen molar-refractivity contribution >= 4 is 23.3 Å². The largest absolute Gasteiger partial charge is 0.353 e. The molecular weight excluding hydrogens is 452 g/mol. The van der Waals surface area contributed by atoms with Crippen molar-refractivity contribution in [2.45, 2.75) is 58.3 Å². The number of carbonyl (C=O) groups is 2. The Bertz CT molecular complexity index is 1120. The second kappa shape index (κ2) is 11.6. The van der Waals surface area contributed by atoms with E-state index >= 15 is 0 Å². The lowest BCUT2D eigenvalue weighted by atomic mass is 10.00. The molecule has 0 saturated carbocycles. The molecule has 1 atom stereocenters. The van der Waals surface area contributed by atoms with Crippen LogP contribution in [-0.2, 0) is 20.9 Å². The van der Waals surface area contributed by atoms with Crippen LogP contribution in [0.5, 0.6) is 0 Å². The molecule has 0 bridgehead atoms. The molecule has 2 heterocycles. The highest BCUT2D eigenvalue weighted by molar-refractivity contribution is 6.31. The van der Waals surface area contributed by atoms with Gasteiger partial charge < -0.3 is 14.8 Å². The standard InChI is InChI=1S/C27H29ClN2O4/c1-18-8-9-22(15-24(18)28)30-26(32)16-25(31)21-6-4-5-19(13-21)20-10-11-29-23(14-20)17-34-27-7-2-3-12-33-27/h4-6,10-11,13-15,27H,2-3,7-9,12,16-17H2,1H3,(H,30,32). The summed E-state index contributed by atoms with van der Waals surface area (Å²) < 4.78 is 11.5. The summed E-state index contributed by atoms with van der Waals surface area (Å²) in [6, 6.07) is 11.1. The van der Waals surface area contributed by atoms with E-state index in [4.69, 9.17) is 21.1 Å². The Hall–Kier alpha value is -2.80. The predicted octanol–water partition coefficient (Wildman–Crippen LogP) is 5.67. The smallest absolute Gasteiger partial charge is 0.231 e. The molecule has 0 spiro atoms. The molecule has 2 aromatic rings. The highest BCUT2D eigenvalue weighted by Crippen LogP contribution is 2.25. The normalized spacial score (nSPS) is 18.4. The number of ether oxygens (including phenoxy) is 2. The van der Waals surface area contributed by atoms with Crippen LogP contribution in [0.2, 0.25) is 0 Å². The number of nitrogens with one attached hydrogen (secondary N) is 1. The minimum absolute atomic E-state index is 0.174. The summed E-state index contributed by atoms with van der Waals surface area (Å²) in [6.07, 6.45) is 7.69. The average molecular weight is 481 g/mol. The Morgan fingerprint density at radius 2 is 2.03 bits per heavy atom. The van der Waals surface area contributed by atoms with E-state index in [1.807, 2.05) is 37.3 Å². The zero-order chi connectivity index (χ0) is 23.9. The predicted molar refractivity (Wildman–Crippen MR) is 131 cm³/mol. The zero-order valence-corrected chi connectivity index (χ0v) is 20.1. The van der Waals surface area contributed by atoms with Crippen LogP contribution in [0.25, 0.3) is 11.1 Å². The maximum absolute atomic E-state index is 12.8. The van der Waals surface area contributed by atoms with E-state index in [2.05, 4.69) is 10.3 Å². The van der Waals surface area contributed by atoms with Crippen molar-refractivity contribution in [1.82, 2.24) is 10.3 Å². The molecular formula is C27H29ClN2O4. The van der Waals surface area contributed by atoms with Crippen LogP contribution in [0, 0.1) is 0 Å². The van der Waals surface area contributed by atoms with Crippen LogP contribution >= 0.6 is 11.6 Å². The van der Waals surface area contributed by atoms with Gasteiger partial charge in [-0.15, -0.1) is 0 Å². The van der Waals surface area contributed by atoms with Crippen molar-refractivity contribution in [3.63, 3.8) is 0 Å². The lowest BCUT2D eigenvalue weighted by molar-refractivity contribution is -0.169. The molecule has 1 fully saturated rings. The number of nitrogens with zero attached hydrogens (tertiary/aromatic N) is 1. The average Bonchev–Trinajstić information content (AvgIpc) is 2.86. The van der Waals surface area contributed by atoms with Gasteiger partial charge in [-0.05, 0) is 74.4 Å². The van der Waals surface area contributed by atoms with Crippen LogP contribution < -0.4 is 5.32 Å². The fourth-order valence-electron chi connectivity index (χ4n) is 3.99. The Morgan fingerprint density at radius 1 is 1.18 bits per heavy atom. The Balaban J connectivity index is 1.38. The molecule has 4 rings (SSSR count). The number of hydrogen-bond acceptors (Lipinski definition) is 5. The molecule has 1 unspecified atom stereocenters. The van der Waals surface area contributed by atoms with Gasteiger partial charge >= 0.3 is 0 Å². The summed E-state index contributed by atoms with van der Waals surface area (Å²) in [5.41, 5.74) is 4.94. The van der Waals surface area contributed by atoms with Gasteiger partial charge in [-0.2, -0.15) is 0 Å². The van der Waals surface area contributed by atoms with Crippen LogP contribution in [-0.4, -0.2) is 29.6 Å². The minimum atomic E-state index is -0.334. The molecule has 2 aliphatic rings. The second-order valence-electron chi connectivity index (χ2n) is 8.67. The summed E-state index contributed by atoms with van der Waals surface area (Å²) in [7, 11) is 0. The number of pyridine rings is 1. The van der Waals surface area contributed by atoms with Crippen molar-refractivity contribution in [3.05, 3.63) is 76.2 Å². The first-order valence-electron chi connectivity index (χ1n) is 11.7. The first kappa shape index (κ1) is 24.3. The number of amides is 1. The van der Waals surface area contributed by atoms with Crippen LogP contribution in [0.4, 0.5) is 0 Å². The highest BCUT2D eigenvalue weighted by atomic mass is 35.5. The van der Waals surface area contributed by atoms with E-state index in [0.717, 1.165) is 60.4 Å². The van der Waals surface area contributed by atoms with Crippen LogP contribution in [0.15, 0.2) is 65.0 Å². The Labute approximate surface area is 205 Å². The van der Waals surface area contributed by atoms with Crippen molar-refractivity contribution in [2.75, 3.05) is 6.61 Å². The van der Waals surface area contributed by atoms with Gasteiger partial charge in [-0.25, -0.2) is 0 Å². The molecule has 7 heteroatoms. The summed E-state index contributed by atoms with van der Waals surface area (Å²) in [5.74, 6) is -0.570. The highest BCUT2D eigenvalue weighted by Gasteiger charge is 2.17. The summed E-state index contributed by atoms with van der Waals surface area (Å²) in [6.45, 7) is 3.07. The van der Waals surface area contributed by atoms with E-state index < -0.39 is 0 Å². The lowest BCUT2D eigenvalue weighted by Gasteiger charge is -2.22. The summed E-state index contributed by atoms with van der Waals surface area (Å²) >= 11 is 6.16. The molecule has 1 aliphatic carbocycles. The van der Waals surface area contributed by atoms with E-state index in [-0.39, 0.29) is 24.4 Å². The molecule has 1 aromatic heterocycles. The quantitative estimate of drug-likeness (QED) is 0.389. The summed E-state index contributed by atoms with van der Waals surface area (Å²) in [5, 5.41) is 3.46. The third-order valence-electron chi connectivity index (χ3n) is 5.99. The number of aromatic nitrogens is 1. The van der Waals surface area contributed by atoms with E-state index in [1.165, 1.54) is 0 Å². The SMILES string of the molecule is CC1=C(Cl)C=C(NC(=O)CC(=O)c2cccc(-c3ccnc(COC4CCCCO4)c3)c2)CC1. The number of Topliss-reactive ketones (excluding diaryl/α,β-unsaturated/α-hetero) is 1. The fourth-order valence-corrected chi connectivity index (χ4v) is 4.22. The molecule has 34 heavy (non-hydrogen) atoms. The zero-order valence-electron chi connectivity index (χ0n) is 19.3. The third-order valence-corrected chi connectivity index (χ3v) is 6.42. The number of rotatable bonds is 8. The molecule has 6 nitrogen and oxygen atoms in total. The fraction of sp³-hybridized carbons (Fsp3) is 0.370. The van der Waals surface area contributed by atoms with Gasteiger partial charge in [-0.3, -0.25) is 14.6 Å². The molecule has 1 saturated heterocycles. The van der Waals surface area contributed by atoms with Gasteiger partial charge in [0.05, 0.1) is 18.7 Å². The maximum Gasteiger partial charge on any atom is 0.231 e. The third kappa shape index (κ3) is 6.63. The number of carbonyl (C=O) groups excluding carboxylic acids is 2. The molecule has 1 N–H and O–H groups in total. The van der Waals surface area contributed by atoms with Crippen molar-refractivity contribution in [1.29, 1.82) is 0 Å². The van der Waals surface area contributed by atoms with E-state index in [0.29, 0.717) is 23.6 Å². The Morgan fingerprint density at radius 3 is 2.82 bits per heavy atom. The number of halogens is 1. The van der Waals surface area contributed by atoms with Crippen molar-refractivity contribution < 1.29 is 19.1 Å². The molecule has 178 valence electrons. The molecule has 0 radical (unpaired) electrons. The number of hydrogen-bond donors (Lipinski definition) is 1. The van der Waals surface area contributed by atoms with Gasteiger partial charge in [-0.1, -0.05) is 35.4 Å². The van der Waals surface area contributed by atoms with Gasteiger partial charge in [0.1, 0.15) is 0 Å². The lowest BCUT2D eigenvalue weighted by Crippen LogP contribution is -2.26. The maximum atomic E-state index is 12.8. The van der Waals surface area contributed by atoms with Crippen molar-refractivity contribution in [2.24, 2.45) is 0 Å². The minimum Gasteiger partial charge on any atom is -0.353 e. The van der Waals surface area contributed by atoms with E-state index in [1.54, 1.807) is 18.3 Å². The van der Waals surface area contributed by atoms with Crippen LogP contribution in [0.1, 0.15) is 61.5 Å².